The molecule has 0 radical (unpaired) electrons. The Morgan fingerprint density at radius 1 is 1.57 bits per heavy atom. The Hall–Kier alpha value is -0.870. The summed E-state index contributed by atoms with van der Waals surface area (Å²) < 4.78 is 3.00. The van der Waals surface area contributed by atoms with E-state index in [4.69, 9.17) is 5.73 Å². The molecule has 0 aliphatic heterocycles. The smallest absolute Gasteiger partial charge is 0.142 e. The molecule has 1 atom stereocenters. The lowest BCUT2D eigenvalue weighted by molar-refractivity contribution is 0.816. The van der Waals surface area contributed by atoms with Crippen molar-refractivity contribution < 1.29 is 0 Å². The summed E-state index contributed by atoms with van der Waals surface area (Å²) in [7, 11) is 0. The molecule has 1 unspecified atom stereocenters. The summed E-state index contributed by atoms with van der Waals surface area (Å²) in [5.74, 6) is 0. The highest BCUT2D eigenvalue weighted by Gasteiger charge is 2.11. The predicted octanol–water partition coefficient (Wildman–Crippen LogP) is 2.42. The fraction of sp³-hybridized carbons (Fsp3) is 0.300. The summed E-state index contributed by atoms with van der Waals surface area (Å²) in [4.78, 5) is 4.47. The molecule has 0 aromatic carbocycles. The Balaban J connectivity index is 2.81. The number of fused-ring (bicyclic) bond motifs is 1. The van der Waals surface area contributed by atoms with Crippen LogP contribution >= 0.6 is 15.9 Å². The second-order valence-electron chi connectivity index (χ2n) is 3.43. The molecule has 0 fully saturated rings. The molecule has 0 aliphatic carbocycles. The highest BCUT2D eigenvalue weighted by Crippen LogP contribution is 2.22. The molecule has 0 saturated carbocycles. The zero-order valence-electron chi connectivity index (χ0n) is 8.16. The minimum absolute atomic E-state index is 0.00685. The number of imidazole rings is 1. The van der Waals surface area contributed by atoms with Crippen molar-refractivity contribution in [3.05, 3.63) is 34.2 Å². The predicted molar refractivity (Wildman–Crippen MR) is 60.2 cm³/mol. The van der Waals surface area contributed by atoms with Crippen molar-refractivity contribution in [2.24, 2.45) is 5.73 Å². The number of hydrogen-bond acceptors (Lipinski definition) is 2. The zero-order valence-corrected chi connectivity index (χ0v) is 9.75. The maximum atomic E-state index is 5.87. The standard InChI is InChI=1S/C10H12BrN3/c1-6(12)8-4-3-5-14-9(11)7(2)13-10(8)14/h3-6H,12H2,1-2H3. The number of aromatic nitrogens is 2. The minimum Gasteiger partial charge on any atom is -0.324 e. The van der Waals surface area contributed by atoms with Crippen LogP contribution in [0.4, 0.5) is 0 Å². The molecule has 74 valence electrons. The Morgan fingerprint density at radius 3 is 2.93 bits per heavy atom. The number of halogens is 1. The van der Waals surface area contributed by atoms with Gasteiger partial charge in [0.25, 0.3) is 0 Å². The van der Waals surface area contributed by atoms with Gasteiger partial charge in [0.15, 0.2) is 0 Å². The molecule has 3 nitrogen and oxygen atoms in total. The molecule has 0 saturated heterocycles. The van der Waals surface area contributed by atoms with Gasteiger partial charge < -0.3 is 5.73 Å². The van der Waals surface area contributed by atoms with E-state index in [9.17, 15) is 0 Å². The topological polar surface area (TPSA) is 43.3 Å². The van der Waals surface area contributed by atoms with Gasteiger partial charge in [-0.25, -0.2) is 4.98 Å². The van der Waals surface area contributed by atoms with E-state index in [0.717, 1.165) is 21.5 Å². The Bertz CT molecular complexity index is 473. The van der Waals surface area contributed by atoms with Crippen LogP contribution in [-0.2, 0) is 0 Å². The van der Waals surface area contributed by atoms with Crippen LogP contribution < -0.4 is 5.73 Å². The summed E-state index contributed by atoms with van der Waals surface area (Å²) in [5.41, 5.74) is 8.86. The molecule has 2 rings (SSSR count). The maximum Gasteiger partial charge on any atom is 0.142 e. The summed E-state index contributed by atoms with van der Waals surface area (Å²) in [6.07, 6.45) is 1.98. The monoisotopic (exact) mass is 253 g/mol. The molecule has 2 N–H and O–H groups in total. The molecule has 2 aromatic rings. The van der Waals surface area contributed by atoms with Crippen molar-refractivity contribution in [3.8, 4) is 0 Å². The number of aryl methyl sites for hydroxylation is 1. The molecule has 0 amide bonds. The van der Waals surface area contributed by atoms with Gasteiger partial charge in [0.1, 0.15) is 10.3 Å². The maximum absolute atomic E-state index is 5.87. The summed E-state index contributed by atoms with van der Waals surface area (Å²) in [6.45, 7) is 3.94. The van der Waals surface area contributed by atoms with Crippen molar-refractivity contribution in [1.82, 2.24) is 9.38 Å². The number of hydrogen-bond donors (Lipinski definition) is 1. The van der Waals surface area contributed by atoms with E-state index in [-0.39, 0.29) is 6.04 Å². The first-order valence-corrected chi connectivity index (χ1v) is 5.29. The average Bonchev–Trinajstić information content (AvgIpc) is 2.43. The van der Waals surface area contributed by atoms with Crippen LogP contribution in [0.15, 0.2) is 22.9 Å². The lowest BCUT2D eigenvalue weighted by Gasteiger charge is -2.06. The van der Waals surface area contributed by atoms with E-state index in [2.05, 4.69) is 20.9 Å². The van der Waals surface area contributed by atoms with E-state index in [1.165, 1.54) is 0 Å². The first-order chi connectivity index (χ1) is 6.61. The minimum atomic E-state index is 0.00685. The summed E-state index contributed by atoms with van der Waals surface area (Å²) in [5, 5.41) is 0. The quantitative estimate of drug-likeness (QED) is 0.849. The number of nitrogens with zero attached hydrogens (tertiary/aromatic N) is 2. The van der Waals surface area contributed by atoms with Gasteiger partial charge in [0.05, 0.1) is 5.69 Å². The number of rotatable bonds is 1. The highest BCUT2D eigenvalue weighted by molar-refractivity contribution is 9.10. The first kappa shape index (κ1) is 9.68. The first-order valence-electron chi connectivity index (χ1n) is 4.50. The molecule has 2 heterocycles. The van der Waals surface area contributed by atoms with E-state index in [1.807, 2.05) is 36.6 Å². The third-order valence-electron chi connectivity index (χ3n) is 2.27. The molecular weight excluding hydrogens is 242 g/mol. The van der Waals surface area contributed by atoms with Crippen LogP contribution in [0.25, 0.3) is 5.65 Å². The van der Waals surface area contributed by atoms with E-state index < -0.39 is 0 Å². The number of nitrogens with two attached hydrogens (primary N) is 1. The van der Waals surface area contributed by atoms with Gasteiger partial charge in [-0.05, 0) is 35.8 Å². The van der Waals surface area contributed by atoms with Gasteiger partial charge in [0, 0.05) is 17.8 Å². The van der Waals surface area contributed by atoms with Gasteiger partial charge >= 0.3 is 0 Å². The molecule has 0 bridgehead atoms. The van der Waals surface area contributed by atoms with Crippen molar-refractivity contribution in [1.29, 1.82) is 0 Å². The SMILES string of the molecule is Cc1nc2c(C(C)N)cccn2c1Br. The third-order valence-corrected chi connectivity index (χ3v) is 3.23. The lowest BCUT2D eigenvalue weighted by Crippen LogP contribution is -2.06. The Labute approximate surface area is 91.1 Å². The van der Waals surface area contributed by atoms with Gasteiger partial charge in [-0.3, -0.25) is 4.40 Å². The van der Waals surface area contributed by atoms with Crippen LogP contribution in [0.2, 0.25) is 0 Å². The van der Waals surface area contributed by atoms with Gasteiger partial charge in [-0.2, -0.15) is 0 Å². The lowest BCUT2D eigenvalue weighted by atomic mass is 10.1. The van der Waals surface area contributed by atoms with Crippen LogP contribution in [0.3, 0.4) is 0 Å². The fourth-order valence-electron chi connectivity index (χ4n) is 1.53. The fourth-order valence-corrected chi connectivity index (χ4v) is 1.90. The van der Waals surface area contributed by atoms with Crippen molar-refractivity contribution in [3.63, 3.8) is 0 Å². The average molecular weight is 254 g/mol. The highest BCUT2D eigenvalue weighted by atomic mass is 79.9. The van der Waals surface area contributed by atoms with E-state index in [0.29, 0.717) is 0 Å². The molecule has 14 heavy (non-hydrogen) atoms. The van der Waals surface area contributed by atoms with Gasteiger partial charge in [-0.1, -0.05) is 6.07 Å². The van der Waals surface area contributed by atoms with Crippen molar-refractivity contribution in [2.75, 3.05) is 0 Å². The van der Waals surface area contributed by atoms with E-state index in [1.54, 1.807) is 0 Å². The second-order valence-corrected chi connectivity index (χ2v) is 4.18. The van der Waals surface area contributed by atoms with Crippen molar-refractivity contribution in [2.45, 2.75) is 19.9 Å². The summed E-state index contributed by atoms with van der Waals surface area (Å²) >= 11 is 3.49. The normalized spacial score (nSPS) is 13.4. The zero-order chi connectivity index (χ0) is 10.3. The van der Waals surface area contributed by atoms with Crippen LogP contribution in [-0.4, -0.2) is 9.38 Å². The Morgan fingerprint density at radius 2 is 2.29 bits per heavy atom. The second kappa shape index (κ2) is 3.37. The summed E-state index contributed by atoms with van der Waals surface area (Å²) in [6, 6.07) is 4.00. The molecule has 0 spiro atoms. The number of pyridine rings is 1. The Kier molecular flexibility index (Phi) is 2.33. The van der Waals surface area contributed by atoms with Gasteiger partial charge in [-0.15, -0.1) is 0 Å². The van der Waals surface area contributed by atoms with Gasteiger partial charge in [0.2, 0.25) is 0 Å². The molecule has 4 heteroatoms. The van der Waals surface area contributed by atoms with Crippen LogP contribution in [0.1, 0.15) is 24.2 Å². The molecule has 0 aliphatic rings. The van der Waals surface area contributed by atoms with Crippen LogP contribution in [0, 0.1) is 6.92 Å². The van der Waals surface area contributed by atoms with Crippen molar-refractivity contribution >= 4 is 21.6 Å². The van der Waals surface area contributed by atoms with E-state index >= 15 is 0 Å². The third kappa shape index (κ3) is 1.35. The molecular formula is C10H12BrN3. The van der Waals surface area contributed by atoms with Crippen LogP contribution in [0.5, 0.6) is 0 Å². The molecule has 2 aromatic heterocycles. The largest absolute Gasteiger partial charge is 0.324 e.